The third-order valence-corrected chi connectivity index (χ3v) is 2.10. The molecule has 1 rings (SSSR count). The number of nitrogens with two attached hydrogens (primary N) is 1. The predicted octanol–water partition coefficient (Wildman–Crippen LogP) is 2.06. The molecule has 0 saturated heterocycles. The van der Waals surface area contributed by atoms with Gasteiger partial charge in [0.2, 0.25) is 0 Å². The molecule has 0 spiro atoms. The van der Waals surface area contributed by atoms with Gasteiger partial charge in [-0.1, -0.05) is 19.3 Å². The minimum absolute atomic E-state index is 0.740. The Morgan fingerprint density at radius 2 is 1.82 bits per heavy atom. The first kappa shape index (κ1) is 10.4. The fourth-order valence-corrected chi connectivity index (χ4v) is 1.52. The highest BCUT2D eigenvalue weighted by atomic mass is 14.4. The minimum atomic E-state index is 0.740. The summed E-state index contributed by atoms with van der Waals surface area (Å²) in [5.41, 5.74) is 4.50. The summed E-state index contributed by atoms with van der Waals surface area (Å²) < 4.78 is 0. The first-order chi connectivity index (χ1) is 5.43. The molecule has 2 heteroatoms. The van der Waals surface area contributed by atoms with Crippen molar-refractivity contribution in [2.75, 3.05) is 7.05 Å². The summed E-state index contributed by atoms with van der Waals surface area (Å²) in [4.78, 5) is 0. The molecule has 0 aliphatic heterocycles. The molecule has 1 saturated carbocycles. The van der Waals surface area contributed by atoms with Crippen LogP contribution in [0.2, 0.25) is 0 Å². The van der Waals surface area contributed by atoms with Gasteiger partial charge in [-0.3, -0.25) is 0 Å². The van der Waals surface area contributed by atoms with Gasteiger partial charge in [-0.15, -0.1) is 0 Å². The Kier molecular flexibility index (Phi) is 7.18. The summed E-state index contributed by atoms with van der Waals surface area (Å²) in [7, 11) is 1.50. The number of nitriles is 1. The third-order valence-electron chi connectivity index (χ3n) is 2.10. The highest BCUT2D eigenvalue weighted by Crippen LogP contribution is 2.25. The van der Waals surface area contributed by atoms with E-state index < -0.39 is 0 Å². The van der Waals surface area contributed by atoms with Crippen molar-refractivity contribution in [3.63, 3.8) is 0 Å². The zero-order chi connectivity index (χ0) is 8.53. The van der Waals surface area contributed by atoms with Crippen molar-refractivity contribution in [2.45, 2.75) is 38.5 Å². The van der Waals surface area contributed by atoms with Crippen LogP contribution in [0, 0.1) is 17.2 Å². The molecule has 0 aromatic rings. The van der Waals surface area contributed by atoms with Crippen LogP contribution in [0.5, 0.6) is 0 Å². The van der Waals surface area contributed by atoms with Gasteiger partial charge in [0, 0.05) is 6.42 Å². The van der Waals surface area contributed by atoms with E-state index in [1.165, 1.54) is 39.2 Å². The van der Waals surface area contributed by atoms with Crippen LogP contribution in [-0.2, 0) is 0 Å². The molecule has 0 atom stereocenters. The molecule has 0 aromatic carbocycles. The van der Waals surface area contributed by atoms with Crippen LogP contribution in [0.25, 0.3) is 0 Å². The molecule has 0 bridgehead atoms. The van der Waals surface area contributed by atoms with Crippen LogP contribution >= 0.6 is 0 Å². The van der Waals surface area contributed by atoms with Gasteiger partial charge in [-0.25, -0.2) is 0 Å². The Bertz CT molecular complexity index is 109. The van der Waals surface area contributed by atoms with Crippen LogP contribution in [0.1, 0.15) is 38.5 Å². The number of rotatable bonds is 1. The van der Waals surface area contributed by atoms with Gasteiger partial charge in [0.25, 0.3) is 0 Å². The maximum Gasteiger partial charge on any atom is 0.0624 e. The third kappa shape index (κ3) is 4.80. The average molecular weight is 154 g/mol. The standard InChI is InChI=1S/C8H13N.CH5N/c9-7-6-8-4-2-1-3-5-8;1-2/h8H,1-6H2;2H2,1H3. The predicted molar refractivity (Wildman–Crippen MR) is 46.9 cm³/mol. The molecule has 11 heavy (non-hydrogen) atoms. The lowest BCUT2D eigenvalue weighted by atomic mass is 9.87. The fourth-order valence-electron chi connectivity index (χ4n) is 1.52. The molecular formula is C9H18N2. The minimum Gasteiger partial charge on any atom is -0.333 e. The lowest BCUT2D eigenvalue weighted by Gasteiger charge is -2.17. The van der Waals surface area contributed by atoms with Crippen molar-refractivity contribution in [1.82, 2.24) is 0 Å². The molecule has 1 aliphatic carbocycles. The van der Waals surface area contributed by atoms with Crippen LogP contribution in [0.15, 0.2) is 0 Å². The van der Waals surface area contributed by atoms with Crippen LogP contribution in [0.3, 0.4) is 0 Å². The zero-order valence-corrected chi connectivity index (χ0v) is 7.34. The Morgan fingerprint density at radius 1 is 1.27 bits per heavy atom. The molecule has 2 nitrogen and oxygen atoms in total. The van der Waals surface area contributed by atoms with E-state index in [4.69, 9.17) is 5.26 Å². The van der Waals surface area contributed by atoms with Gasteiger partial charge >= 0.3 is 0 Å². The zero-order valence-electron chi connectivity index (χ0n) is 7.34. The first-order valence-electron chi connectivity index (χ1n) is 4.38. The molecular weight excluding hydrogens is 136 g/mol. The van der Waals surface area contributed by atoms with Crippen LogP contribution in [0.4, 0.5) is 0 Å². The SMILES string of the molecule is CN.N#CCC1CCCCC1. The van der Waals surface area contributed by atoms with E-state index in [1.807, 2.05) is 0 Å². The second-order valence-electron chi connectivity index (χ2n) is 2.87. The second kappa shape index (κ2) is 7.56. The van der Waals surface area contributed by atoms with Crippen LogP contribution < -0.4 is 5.73 Å². The lowest BCUT2D eigenvalue weighted by molar-refractivity contribution is 0.364. The van der Waals surface area contributed by atoms with Gasteiger partial charge < -0.3 is 5.73 Å². The largest absolute Gasteiger partial charge is 0.333 e. The van der Waals surface area contributed by atoms with Gasteiger partial charge in [0.15, 0.2) is 0 Å². The normalized spacial score (nSPS) is 17.9. The van der Waals surface area contributed by atoms with Gasteiger partial charge in [-0.2, -0.15) is 5.26 Å². The molecule has 1 aliphatic rings. The summed E-state index contributed by atoms with van der Waals surface area (Å²) >= 11 is 0. The molecule has 2 N–H and O–H groups in total. The first-order valence-corrected chi connectivity index (χ1v) is 4.38. The Balaban J connectivity index is 0.000000461. The van der Waals surface area contributed by atoms with Gasteiger partial charge in [0.1, 0.15) is 0 Å². The van der Waals surface area contributed by atoms with Crippen molar-refractivity contribution >= 4 is 0 Å². The summed E-state index contributed by atoms with van der Waals surface area (Å²) in [6.45, 7) is 0. The van der Waals surface area contributed by atoms with E-state index in [9.17, 15) is 0 Å². The van der Waals surface area contributed by atoms with Crippen molar-refractivity contribution in [3.8, 4) is 6.07 Å². The monoisotopic (exact) mass is 154 g/mol. The Labute approximate surface area is 69.4 Å². The number of nitrogens with zero attached hydrogens (tertiary/aromatic N) is 1. The van der Waals surface area contributed by atoms with Gasteiger partial charge in [-0.05, 0) is 25.8 Å². The number of hydrogen-bond donors (Lipinski definition) is 1. The van der Waals surface area contributed by atoms with E-state index >= 15 is 0 Å². The Hall–Kier alpha value is -0.550. The summed E-state index contributed by atoms with van der Waals surface area (Å²) in [6.07, 6.45) is 7.49. The Morgan fingerprint density at radius 3 is 2.27 bits per heavy atom. The summed E-state index contributed by atoms with van der Waals surface area (Å²) in [6, 6.07) is 2.24. The lowest BCUT2D eigenvalue weighted by Crippen LogP contribution is -2.04. The molecule has 0 unspecified atom stereocenters. The smallest absolute Gasteiger partial charge is 0.0624 e. The molecule has 1 fully saturated rings. The van der Waals surface area contributed by atoms with E-state index in [0.29, 0.717) is 0 Å². The summed E-state index contributed by atoms with van der Waals surface area (Å²) in [5.74, 6) is 0.740. The van der Waals surface area contributed by atoms with Crippen molar-refractivity contribution in [2.24, 2.45) is 11.7 Å². The van der Waals surface area contributed by atoms with Crippen LogP contribution in [-0.4, -0.2) is 7.05 Å². The van der Waals surface area contributed by atoms with E-state index in [2.05, 4.69) is 11.8 Å². The molecule has 0 heterocycles. The van der Waals surface area contributed by atoms with E-state index in [-0.39, 0.29) is 0 Å². The van der Waals surface area contributed by atoms with Crippen molar-refractivity contribution < 1.29 is 0 Å². The molecule has 0 radical (unpaired) electrons. The van der Waals surface area contributed by atoms with Crippen molar-refractivity contribution in [3.05, 3.63) is 0 Å². The quantitative estimate of drug-likeness (QED) is 0.628. The molecule has 0 aromatic heterocycles. The summed E-state index contributed by atoms with van der Waals surface area (Å²) in [5, 5.41) is 8.37. The average Bonchev–Trinajstić information content (AvgIpc) is 2.11. The topological polar surface area (TPSA) is 49.8 Å². The molecule has 0 amide bonds. The highest BCUT2D eigenvalue weighted by molar-refractivity contribution is 4.77. The van der Waals surface area contributed by atoms with Crippen molar-refractivity contribution in [1.29, 1.82) is 5.26 Å². The van der Waals surface area contributed by atoms with Gasteiger partial charge in [0.05, 0.1) is 6.07 Å². The van der Waals surface area contributed by atoms with E-state index in [0.717, 1.165) is 12.3 Å². The fraction of sp³-hybridized carbons (Fsp3) is 0.889. The highest BCUT2D eigenvalue weighted by Gasteiger charge is 2.11. The number of hydrogen-bond acceptors (Lipinski definition) is 2. The van der Waals surface area contributed by atoms with E-state index in [1.54, 1.807) is 0 Å². The maximum atomic E-state index is 8.37. The second-order valence-corrected chi connectivity index (χ2v) is 2.87. The molecule has 64 valence electrons. The maximum absolute atomic E-state index is 8.37.